The minimum absolute atomic E-state index is 0.177. The molecule has 2 N–H and O–H groups in total. The summed E-state index contributed by atoms with van der Waals surface area (Å²) in [6.45, 7) is 0. The molecular formula is C17H17ClN2O2. The minimum atomic E-state index is -0.672. The highest BCUT2D eigenvalue weighted by Gasteiger charge is 2.21. The monoisotopic (exact) mass is 316 g/mol. The lowest BCUT2D eigenvalue weighted by atomic mass is 10.1. The first-order valence-electron chi connectivity index (χ1n) is 6.94. The van der Waals surface area contributed by atoms with E-state index in [1.165, 1.54) is 0 Å². The van der Waals surface area contributed by atoms with Crippen LogP contribution in [-0.2, 0) is 16.0 Å². The summed E-state index contributed by atoms with van der Waals surface area (Å²) < 4.78 is 0. The van der Waals surface area contributed by atoms with Crippen molar-refractivity contribution in [1.82, 2.24) is 5.32 Å². The molecule has 0 unspecified atom stereocenters. The quantitative estimate of drug-likeness (QED) is 0.805. The Morgan fingerprint density at radius 1 is 0.955 bits per heavy atom. The van der Waals surface area contributed by atoms with Gasteiger partial charge >= 0.3 is 0 Å². The largest absolute Gasteiger partial charge is 0.343 e. The Morgan fingerprint density at radius 2 is 1.55 bits per heavy atom. The highest BCUT2D eigenvalue weighted by molar-refractivity contribution is 6.27. The van der Waals surface area contributed by atoms with Crippen molar-refractivity contribution in [1.29, 1.82) is 0 Å². The van der Waals surface area contributed by atoms with Crippen molar-refractivity contribution in [2.24, 2.45) is 0 Å². The van der Waals surface area contributed by atoms with Crippen LogP contribution in [0.1, 0.15) is 5.56 Å². The molecule has 0 fully saturated rings. The standard InChI is InChI=1S/C17H17ClN2O2/c18-12-16(21)20-15(11-13-7-3-1-4-8-13)17(22)19-14-9-5-2-6-10-14/h1-10,15H,11-12H2,(H,19,22)(H,20,21)/t15-/m0/s1. The van der Waals surface area contributed by atoms with Gasteiger partial charge in [-0.25, -0.2) is 0 Å². The zero-order valence-electron chi connectivity index (χ0n) is 12.0. The van der Waals surface area contributed by atoms with Crippen LogP contribution in [0.4, 0.5) is 5.69 Å². The van der Waals surface area contributed by atoms with Crippen molar-refractivity contribution in [3.05, 3.63) is 66.2 Å². The molecule has 0 heterocycles. The molecule has 0 saturated heterocycles. The van der Waals surface area contributed by atoms with Crippen LogP contribution < -0.4 is 10.6 Å². The van der Waals surface area contributed by atoms with Crippen molar-refractivity contribution in [2.75, 3.05) is 11.2 Å². The number of para-hydroxylation sites is 1. The van der Waals surface area contributed by atoms with Gasteiger partial charge in [-0.1, -0.05) is 48.5 Å². The van der Waals surface area contributed by atoms with Crippen molar-refractivity contribution in [3.63, 3.8) is 0 Å². The number of benzene rings is 2. The van der Waals surface area contributed by atoms with Crippen LogP contribution in [0.15, 0.2) is 60.7 Å². The number of hydrogen-bond acceptors (Lipinski definition) is 2. The number of alkyl halides is 1. The van der Waals surface area contributed by atoms with E-state index in [4.69, 9.17) is 11.6 Å². The molecule has 2 amide bonds. The normalized spacial score (nSPS) is 11.5. The summed E-state index contributed by atoms with van der Waals surface area (Å²) in [4.78, 5) is 23.9. The van der Waals surface area contributed by atoms with Crippen LogP contribution >= 0.6 is 11.6 Å². The van der Waals surface area contributed by atoms with E-state index in [0.717, 1.165) is 5.56 Å². The highest BCUT2D eigenvalue weighted by Crippen LogP contribution is 2.09. The summed E-state index contributed by atoms with van der Waals surface area (Å²) in [5.74, 6) is -0.816. The first-order chi connectivity index (χ1) is 10.7. The predicted octanol–water partition coefficient (Wildman–Crippen LogP) is 2.59. The molecule has 0 saturated carbocycles. The topological polar surface area (TPSA) is 58.2 Å². The molecule has 0 radical (unpaired) electrons. The Bertz CT molecular complexity index is 617. The molecule has 22 heavy (non-hydrogen) atoms. The Morgan fingerprint density at radius 3 is 2.14 bits per heavy atom. The lowest BCUT2D eigenvalue weighted by molar-refractivity contribution is -0.125. The molecule has 0 aliphatic rings. The van der Waals surface area contributed by atoms with Gasteiger partial charge in [-0.3, -0.25) is 9.59 Å². The van der Waals surface area contributed by atoms with Crippen LogP contribution in [0.3, 0.4) is 0 Å². The van der Waals surface area contributed by atoms with E-state index in [1.807, 2.05) is 48.5 Å². The number of carbonyl (C=O) groups is 2. The number of carbonyl (C=O) groups excluding carboxylic acids is 2. The van der Waals surface area contributed by atoms with Crippen molar-refractivity contribution >= 4 is 29.1 Å². The van der Waals surface area contributed by atoms with Gasteiger partial charge in [0, 0.05) is 12.1 Å². The molecule has 0 spiro atoms. The van der Waals surface area contributed by atoms with Crippen LogP contribution in [0.25, 0.3) is 0 Å². The fourth-order valence-corrected chi connectivity index (χ4v) is 2.12. The first kappa shape index (κ1) is 16.0. The van der Waals surface area contributed by atoms with E-state index >= 15 is 0 Å². The fourth-order valence-electron chi connectivity index (χ4n) is 2.04. The maximum absolute atomic E-state index is 12.4. The third-order valence-corrected chi connectivity index (χ3v) is 3.34. The van der Waals surface area contributed by atoms with Crippen LogP contribution in [0.5, 0.6) is 0 Å². The minimum Gasteiger partial charge on any atom is -0.343 e. The Hall–Kier alpha value is -2.33. The van der Waals surface area contributed by atoms with E-state index in [-0.39, 0.29) is 17.7 Å². The van der Waals surface area contributed by atoms with E-state index in [2.05, 4.69) is 10.6 Å². The Kier molecular flexibility index (Phi) is 5.98. The number of rotatable bonds is 6. The molecule has 2 aromatic carbocycles. The van der Waals surface area contributed by atoms with Gasteiger partial charge in [0.15, 0.2) is 0 Å². The molecule has 0 aliphatic heterocycles. The number of halogens is 1. The second-order valence-corrected chi connectivity index (χ2v) is 5.07. The summed E-state index contributed by atoms with van der Waals surface area (Å²) in [5, 5.41) is 5.45. The lowest BCUT2D eigenvalue weighted by Gasteiger charge is -2.18. The van der Waals surface area contributed by atoms with Gasteiger partial charge in [-0.15, -0.1) is 11.6 Å². The molecule has 0 bridgehead atoms. The molecule has 2 aromatic rings. The number of anilines is 1. The number of nitrogens with one attached hydrogen (secondary N) is 2. The van der Waals surface area contributed by atoms with Gasteiger partial charge in [0.1, 0.15) is 11.9 Å². The zero-order chi connectivity index (χ0) is 15.8. The van der Waals surface area contributed by atoms with Crippen molar-refractivity contribution in [2.45, 2.75) is 12.5 Å². The molecule has 1 atom stereocenters. The summed E-state index contributed by atoms with van der Waals surface area (Å²) >= 11 is 5.52. The van der Waals surface area contributed by atoms with Gasteiger partial charge in [-0.2, -0.15) is 0 Å². The SMILES string of the molecule is O=C(CCl)N[C@@H](Cc1ccccc1)C(=O)Nc1ccccc1. The van der Waals surface area contributed by atoms with E-state index < -0.39 is 6.04 Å². The second-order valence-electron chi connectivity index (χ2n) is 4.80. The number of hydrogen-bond donors (Lipinski definition) is 2. The summed E-state index contributed by atoms with van der Waals surface area (Å²) in [6.07, 6.45) is 0.405. The van der Waals surface area contributed by atoms with Gasteiger partial charge in [0.05, 0.1) is 0 Å². The fraction of sp³-hybridized carbons (Fsp3) is 0.176. The average Bonchev–Trinajstić information content (AvgIpc) is 2.56. The van der Waals surface area contributed by atoms with Gasteiger partial charge in [0.25, 0.3) is 0 Å². The molecular weight excluding hydrogens is 300 g/mol. The Labute approximate surface area is 134 Å². The zero-order valence-corrected chi connectivity index (χ0v) is 12.7. The maximum Gasteiger partial charge on any atom is 0.247 e. The maximum atomic E-state index is 12.4. The molecule has 2 rings (SSSR count). The second kappa shape index (κ2) is 8.20. The molecule has 5 heteroatoms. The van der Waals surface area contributed by atoms with E-state index in [9.17, 15) is 9.59 Å². The van der Waals surface area contributed by atoms with Crippen molar-refractivity contribution in [3.8, 4) is 0 Å². The number of amides is 2. The van der Waals surface area contributed by atoms with Crippen LogP contribution in [-0.4, -0.2) is 23.7 Å². The van der Waals surface area contributed by atoms with Crippen LogP contribution in [0, 0.1) is 0 Å². The van der Waals surface area contributed by atoms with Gasteiger partial charge in [-0.05, 0) is 17.7 Å². The highest BCUT2D eigenvalue weighted by atomic mass is 35.5. The first-order valence-corrected chi connectivity index (χ1v) is 7.47. The van der Waals surface area contributed by atoms with E-state index in [1.54, 1.807) is 12.1 Å². The lowest BCUT2D eigenvalue weighted by Crippen LogP contribution is -2.45. The summed E-state index contributed by atoms with van der Waals surface area (Å²) in [5.41, 5.74) is 1.65. The van der Waals surface area contributed by atoms with Crippen LogP contribution in [0.2, 0.25) is 0 Å². The molecule has 114 valence electrons. The molecule has 0 aromatic heterocycles. The third-order valence-electron chi connectivity index (χ3n) is 3.10. The summed E-state index contributed by atoms with van der Waals surface area (Å²) in [7, 11) is 0. The smallest absolute Gasteiger partial charge is 0.247 e. The van der Waals surface area contributed by atoms with Crippen molar-refractivity contribution < 1.29 is 9.59 Å². The average molecular weight is 317 g/mol. The summed E-state index contributed by atoms with van der Waals surface area (Å²) in [6, 6.07) is 18.0. The third kappa shape index (κ3) is 4.90. The van der Waals surface area contributed by atoms with Gasteiger partial charge in [0.2, 0.25) is 11.8 Å². The van der Waals surface area contributed by atoms with E-state index in [0.29, 0.717) is 12.1 Å². The predicted molar refractivity (Wildman–Crippen MR) is 87.9 cm³/mol. The Balaban J connectivity index is 2.09. The van der Waals surface area contributed by atoms with Gasteiger partial charge < -0.3 is 10.6 Å². The molecule has 4 nitrogen and oxygen atoms in total. The molecule has 0 aliphatic carbocycles.